The van der Waals surface area contributed by atoms with Gasteiger partial charge in [-0.3, -0.25) is 0 Å². The molecule has 0 aliphatic rings. The molecule has 0 heterocycles. The number of hydrogen-bond donors (Lipinski definition) is 0. The van der Waals surface area contributed by atoms with Crippen LogP contribution in [0.25, 0.3) is 0 Å². The van der Waals surface area contributed by atoms with Crippen LogP contribution < -0.4 is 0 Å². The normalized spacial score (nSPS) is 0. The van der Waals surface area contributed by atoms with Crippen LogP contribution in [0.15, 0.2) is 0 Å². The molecule has 0 aromatic rings. The van der Waals surface area contributed by atoms with E-state index in [9.17, 15) is 0 Å². The molecule has 0 saturated carbocycles. The first-order chi connectivity index (χ1) is 0. The van der Waals surface area contributed by atoms with E-state index in [2.05, 4.69) is 0 Å². The van der Waals surface area contributed by atoms with Crippen LogP contribution in [0, 0.1) is 0 Å². The molecule has 0 amide bonds. The maximum Gasteiger partial charge on any atom is 4.00 e. The Kier molecular flexibility index (Phi) is 273. The average molecular weight is 327 g/mol. The van der Waals surface area contributed by atoms with Crippen LogP contribution in [-0.4, -0.2) is 23.9 Å². The molecule has 0 saturated heterocycles. The smallest absolute Gasteiger partial charge is 2.00 e. The fraction of sp³-hybridized carbons (Fsp3) is 0. The molecule has 5 heavy (non-hydrogen) atoms. The largest absolute Gasteiger partial charge is 4.00 e. The molecular weight excluding hydrogens is 327 g/mol. The third-order valence-corrected chi connectivity index (χ3v) is 0. The summed E-state index contributed by atoms with van der Waals surface area (Å²) in [5, 5.41) is 0. The molecule has 0 rings (SSSR count). The van der Waals surface area contributed by atoms with E-state index in [-0.39, 0.29) is 91.7 Å². The number of rotatable bonds is 0. The van der Waals surface area contributed by atoms with Gasteiger partial charge in [0.25, 0.3) is 0 Å². The minimum atomic E-state index is 0. The summed E-state index contributed by atoms with van der Waals surface area (Å²) >= 11 is 0. The summed E-state index contributed by atoms with van der Waals surface area (Å²) in [6.45, 7) is 0. The molecule has 0 aromatic heterocycles. The van der Waals surface area contributed by atoms with Crippen molar-refractivity contribution in [2.75, 3.05) is 0 Å². The van der Waals surface area contributed by atoms with Gasteiger partial charge in [-0.05, 0) is 0 Å². The van der Waals surface area contributed by atoms with E-state index in [4.69, 9.17) is 0 Å². The maximum atomic E-state index is 0. The molecule has 0 fully saturated rings. The van der Waals surface area contributed by atoms with Gasteiger partial charge in [0, 0.05) is 0 Å². The van der Waals surface area contributed by atoms with Crippen LogP contribution in [0.1, 0.15) is 0 Å². The Morgan fingerprint density at radius 1 is 0.600 bits per heavy atom. The van der Waals surface area contributed by atoms with E-state index >= 15 is 0 Å². The summed E-state index contributed by atoms with van der Waals surface area (Å²) in [5.74, 6) is 0. The van der Waals surface area contributed by atoms with Gasteiger partial charge in [0.2, 0.25) is 0 Å². The van der Waals surface area contributed by atoms with Crippen LogP contribution in [-0.2, 0) is 67.8 Å². The van der Waals surface area contributed by atoms with Gasteiger partial charge in [0.05, 0.1) is 0 Å². The molecule has 0 aliphatic heterocycles. The minimum Gasteiger partial charge on any atom is -2.00 e. The van der Waals surface area contributed by atoms with Gasteiger partial charge in [0.1, 0.15) is 0 Å². The molecule has 0 aliphatic carbocycles. The molecule has 0 unspecified atom stereocenters. The van der Waals surface area contributed by atoms with Crippen molar-refractivity contribution in [1.82, 2.24) is 0 Å². The van der Waals surface area contributed by atoms with Gasteiger partial charge < -0.3 is 40.5 Å². The van der Waals surface area contributed by atoms with Crippen molar-refractivity contribution in [3.8, 4) is 0 Å². The Hall–Kier alpha value is 2.77. The Balaban J connectivity index is 0. The van der Waals surface area contributed by atoms with Crippen molar-refractivity contribution >= 4 is 64.4 Å². The van der Waals surface area contributed by atoms with Gasteiger partial charge in [0.15, 0.2) is 0 Å². The standard InChI is InChI=1S/Cd.3S.Sn/q+2;3*-2;+4. The summed E-state index contributed by atoms with van der Waals surface area (Å²) in [5.41, 5.74) is 0. The van der Waals surface area contributed by atoms with E-state index in [0.717, 1.165) is 0 Å². The summed E-state index contributed by atoms with van der Waals surface area (Å²) in [6.07, 6.45) is 0. The summed E-state index contributed by atoms with van der Waals surface area (Å²) in [6, 6.07) is 0. The van der Waals surface area contributed by atoms with E-state index < -0.39 is 0 Å². The van der Waals surface area contributed by atoms with Crippen molar-refractivity contribution in [3.63, 3.8) is 0 Å². The van der Waals surface area contributed by atoms with Crippen molar-refractivity contribution in [1.29, 1.82) is 0 Å². The quantitative estimate of drug-likeness (QED) is 0.532. The zero-order valence-corrected chi connectivity index (χ0v) is 11.8. The van der Waals surface area contributed by atoms with E-state index in [1.54, 1.807) is 0 Å². The van der Waals surface area contributed by atoms with Crippen molar-refractivity contribution < 1.29 is 27.3 Å². The molecule has 0 nitrogen and oxygen atoms in total. The fourth-order valence-corrected chi connectivity index (χ4v) is 0. The van der Waals surface area contributed by atoms with Gasteiger partial charge in [-0.2, -0.15) is 0 Å². The van der Waals surface area contributed by atoms with Crippen LogP contribution in [0.4, 0.5) is 0 Å². The SMILES string of the molecule is [Cd+2].[S-2].[S-2].[S-2].[Sn+4]. The third-order valence-electron chi connectivity index (χ3n) is 0. The van der Waals surface area contributed by atoms with Crippen molar-refractivity contribution in [2.24, 2.45) is 0 Å². The third kappa shape index (κ3) is 20.1. The monoisotopic (exact) mass is 330 g/mol. The Morgan fingerprint density at radius 3 is 0.600 bits per heavy atom. The molecular formula is CdS3Sn. The Bertz CT molecular complexity index is 6.85. The molecule has 0 radical (unpaired) electrons. The van der Waals surface area contributed by atoms with Crippen LogP contribution in [0.2, 0.25) is 0 Å². The summed E-state index contributed by atoms with van der Waals surface area (Å²) in [7, 11) is 0. The first-order valence-electron chi connectivity index (χ1n) is 0. The second kappa shape index (κ2) is 29.4. The summed E-state index contributed by atoms with van der Waals surface area (Å²) in [4.78, 5) is 0. The van der Waals surface area contributed by atoms with Gasteiger partial charge in [-0.1, -0.05) is 0 Å². The molecule has 0 bridgehead atoms. The van der Waals surface area contributed by atoms with Crippen LogP contribution in [0.3, 0.4) is 0 Å². The average Bonchev–Trinajstić information content (AvgIpc) is 0. The topological polar surface area (TPSA) is 0 Å². The second-order valence-corrected chi connectivity index (χ2v) is 0. The predicted octanol–water partition coefficient (Wildman–Crippen LogP) is -0.391. The number of hydrogen-bond acceptors (Lipinski definition) is 0. The first kappa shape index (κ1) is 46.4. The Morgan fingerprint density at radius 2 is 0.600 bits per heavy atom. The molecule has 0 aromatic carbocycles. The van der Waals surface area contributed by atoms with E-state index in [1.807, 2.05) is 0 Å². The molecule has 24 valence electrons. The fourth-order valence-electron chi connectivity index (χ4n) is 0. The van der Waals surface area contributed by atoms with Gasteiger partial charge >= 0.3 is 51.2 Å². The first-order valence-corrected chi connectivity index (χ1v) is 0. The van der Waals surface area contributed by atoms with E-state index in [1.165, 1.54) is 0 Å². The maximum absolute atomic E-state index is 0. The predicted molar refractivity (Wildman–Crippen MR) is 27.8 cm³/mol. The Labute approximate surface area is 90.3 Å². The molecule has 0 spiro atoms. The molecule has 0 atom stereocenters. The molecule has 0 N–H and O–H groups in total. The second-order valence-electron chi connectivity index (χ2n) is 0. The zero-order valence-electron chi connectivity index (χ0n) is 2.43. The minimum absolute atomic E-state index is 0. The van der Waals surface area contributed by atoms with Crippen LogP contribution in [0.5, 0.6) is 0 Å². The van der Waals surface area contributed by atoms with Gasteiger partial charge in [-0.15, -0.1) is 0 Å². The zero-order chi connectivity index (χ0) is 0. The molecule has 5 heteroatoms. The van der Waals surface area contributed by atoms with Gasteiger partial charge in [-0.25, -0.2) is 0 Å². The summed E-state index contributed by atoms with van der Waals surface area (Å²) < 4.78 is 0. The van der Waals surface area contributed by atoms with Crippen LogP contribution >= 0.6 is 0 Å². The van der Waals surface area contributed by atoms with E-state index in [0.29, 0.717) is 0 Å². The van der Waals surface area contributed by atoms with Crippen molar-refractivity contribution in [3.05, 3.63) is 0 Å². The van der Waals surface area contributed by atoms with Crippen molar-refractivity contribution in [2.45, 2.75) is 0 Å².